The summed E-state index contributed by atoms with van der Waals surface area (Å²) in [6.07, 6.45) is 0.746. The Morgan fingerprint density at radius 2 is 1.95 bits per heavy atom. The molecule has 1 aliphatic rings. The normalized spacial score (nSPS) is 20.4. The number of benzene rings is 1. The Bertz CT molecular complexity index is 573. The maximum absolute atomic E-state index is 11.2. The first-order valence-corrected chi connectivity index (χ1v) is 6.26. The van der Waals surface area contributed by atoms with Crippen molar-refractivity contribution < 1.29 is 29.6 Å². The van der Waals surface area contributed by atoms with Crippen LogP contribution in [0.3, 0.4) is 0 Å². The predicted molar refractivity (Wildman–Crippen MR) is 73.0 cm³/mol. The van der Waals surface area contributed by atoms with Crippen molar-refractivity contribution in [3.05, 3.63) is 59.4 Å². The highest BCUT2D eigenvalue weighted by Gasteiger charge is 2.42. The molecule has 0 amide bonds. The highest BCUT2D eigenvalue weighted by molar-refractivity contribution is 5.91. The van der Waals surface area contributed by atoms with Crippen LogP contribution in [0, 0.1) is 0 Å². The Labute approximate surface area is 121 Å². The zero-order valence-electron chi connectivity index (χ0n) is 11.4. The number of ether oxygens (including phenoxy) is 2. The SMILES string of the molecule is COC1C(OCc2ccccc2)=C(C(=O)O)C=CC1(O)O. The summed E-state index contributed by atoms with van der Waals surface area (Å²) in [6, 6.07) is 9.11. The van der Waals surface area contributed by atoms with Crippen LogP contribution in [0.1, 0.15) is 5.56 Å². The average molecular weight is 292 g/mol. The van der Waals surface area contributed by atoms with E-state index in [-0.39, 0.29) is 17.9 Å². The topological polar surface area (TPSA) is 96.2 Å². The largest absolute Gasteiger partial charge is 0.489 e. The van der Waals surface area contributed by atoms with E-state index in [4.69, 9.17) is 9.47 Å². The van der Waals surface area contributed by atoms with Crippen LogP contribution in [0.2, 0.25) is 0 Å². The minimum atomic E-state index is -2.32. The second kappa shape index (κ2) is 6.09. The van der Waals surface area contributed by atoms with Crippen molar-refractivity contribution in [1.29, 1.82) is 0 Å². The van der Waals surface area contributed by atoms with E-state index in [1.54, 1.807) is 0 Å². The monoisotopic (exact) mass is 292 g/mol. The number of aliphatic hydroxyl groups is 2. The molecule has 1 unspecified atom stereocenters. The molecule has 1 aliphatic carbocycles. The number of methoxy groups -OCH3 is 1. The second-order valence-corrected chi connectivity index (χ2v) is 4.59. The Hall–Kier alpha value is -2.15. The lowest BCUT2D eigenvalue weighted by Gasteiger charge is -2.32. The molecule has 0 fully saturated rings. The fraction of sp³-hybridized carbons (Fsp3) is 0.267. The Morgan fingerprint density at radius 3 is 2.52 bits per heavy atom. The summed E-state index contributed by atoms with van der Waals surface area (Å²) in [5, 5.41) is 28.9. The fourth-order valence-electron chi connectivity index (χ4n) is 2.06. The molecule has 112 valence electrons. The maximum Gasteiger partial charge on any atom is 0.339 e. The molecule has 3 N–H and O–H groups in total. The van der Waals surface area contributed by atoms with Crippen LogP contribution in [-0.4, -0.2) is 40.3 Å². The molecule has 6 nitrogen and oxygen atoms in total. The van der Waals surface area contributed by atoms with Gasteiger partial charge in [0.1, 0.15) is 17.9 Å². The number of rotatable bonds is 5. The van der Waals surface area contributed by atoms with Crippen LogP contribution in [0.15, 0.2) is 53.8 Å². The van der Waals surface area contributed by atoms with Gasteiger partial charge in [-0.3, -0.25) is 0 Å². The van der Waals surface area contributed by atoms with E-state index in [1.807, 2.05) is 30.3 Å². The van der Waals surface area contributed by atoms with E-state index >= 15 is 0 Å². The molecule has 1 aromatic carbocycles. The van der Waals surface area contributed by atoms with Gasteiger partial charge in [0.15, 0.2) is 6.10 Å². The van der Waals surface area contributed by atoms with Gasteiger partial charge >= 0.3 is 5.97 Å². The van der Waals surface area contributed by atoms with Gasteiger partial charge in [-0.15, -0.1) is 0 Å². The molecule has 0 bridgehead atoms. The number of carboxylic acids is 1. The summed E-state index contributed by atoms with van der Waals surface area (Å²) in [5.74, 6) is -3.67. The molecule has 0 saturated carbocycles. The lowest BCUT2D eigenvalue weighted by Crippen LogP contribution is -2.46. The molecule has 1 aromatic rings. The number of hydrogen-bond acceptors (Lipinski definition) is 5. The predicted octanol–water partition coefficient (Wildman–Crippen LogP) is 0.808. The average Bonchev–Trinajstić information content (AvgIpc) is 2.45. The highest BCUT2D eigenvalue weighted by atomic mass is 16.6. The van der Waals surface area contributed by atoms with Gasteiger partial charge in [-0.1, -0.05) is 30.3 Å². The number of aliphatic carboxylic acids is 1. The molecule has 6 heteroatoms. The minimum Gasteiger partial charge on any atom is -0.489 e. The molecule has 2 rings (SSSR count). The van der Waals surface area contributed by atoms with E-state index in [9.17, 15) is 20.1 Å². The van der Waals surface area contributed by atoms with Gasteiger partial charge < -0.3 is 24.8 Å². The first-order valence-electron chi connectivity index (χ1n) is 6.26. The third-order valence-corrected chi connectivity index (χ3v) is 3.09. The van der Waals surface area contributed by atoms with Crippen LogP contribution < -0.4 is 0 Å². The summed E-state index contributed by atoms with van der Waals surface area (Å²) in [7, 11) is 1.25. The smallest absolute Gasteiger partial charge is 0.339 e. The molecule has 1 atom stereocenters. The third kappa shape index (κ3) is 3.30. The van der Waals surface area contributed by atoms with Crippen molar-refractivity contribution in [1.82, 2.24) is 0 Å². The number of carboxylic acid groups (broad SMARTS) is 1. The molecular weight excluding hydrogens is 276 g/mol. The zero-order valence-corrected chi connectivity index (χ0v) is 11.4. The number of hydrogen-bond donors (Lipinski definition) is 3. The lowest BCUT2D eigenvalue weighted by atomic mass is 9.96. The summed E-state index contributed by atoms with van der Waals surface area (Å²) < 4.78 is 10.5. The Balaban J connectivity index is 2.29. The van der Waals surface area contributed by atoms with E-state index in [1.165, 1.54) is 7.11 Å². The molecule has 0 spiro atoms. The summed E-state index contributed by atoms with van der Waals surface area (Å²) in [5.41, 5.74) is 0.650. The van der Waals surface area contributed by atoms with Gasteiger partial charge in [-0.2, -0.15) is 0 Å². The summed E-state index contributed by atoms with van der Waals surface area (Å²) in [4.78, 5) is 11.2. The van der Waals surface area contributed by atoms with E-state index in [2.05, 4.69) is 0 Å². The van der Waals surface area contributed by atoms with Crippen molar-refractivity contribution in [3.63, 3.8) is 0 Å². The standard InChI is InChI=1S/C15H16O6/c1-20-13-12(21-9-10-5-3-2-4-6-10)11(14(16)17)7-8-15(13,18)19/h2-8,13,18-19H,9H2,1H3,(H,16,17). The summed E-state index contributed by atoms with van der Waals surface area (Å²) in [6.45, 7) is 0.0940. The van der Waals surface area contributed by atoms with Gasteiger partial charge in [0, 0.05) is 7.11 Å². The van der Waals surface area contributed by atoms with Gasteiger partial charge in [0.05, 0.1) is 0 Å². The molecule has 21 heavy (non-hydrogen) atoms. The van der Waals surface area contributed by atoms with Crippen LogP contribution in [-0.2, 0) is 20.9 Å². The molecule has 0 aromatic heterocycles. The summed E-state index contributed by atoms with van der Waals surface area (Å²) >= 11 is 0. The van der Waals surface area contributed by atoms with E-state index in [0.717, 1.165) is 17.7 Å². The third-order valence-electron chi connectivity index (χ3n) is 3.09. The Kier molecular flexibility index (Phi) is 4.42. The molecule has 0 heterocycles. The van der Waals surface area contributed by atoms with Crippen molar-refractivity contribution in [2.75, 3.05) is 7.11 Å². The quantitative estimate of drug-likeness (QED) is 0.695. The van der Waals surface area contributed by atoms with Crippen molar-refractivity contribution in [3.8, 4) is 0 Å². The first kappa shape index (κ1) is 15.2. The number of carbonyl (C=O) groups is 1. The van der Waals surface area contributed by atoms with Crippen LogP contribution in [0.5, 0.6) is 0 Å². The van der Waals surface area contributed by atoms with Crippen molar-refractivity contribution >= 4 is 5.97 Å². The minimum absolute atomic E-state index is 0.0940. The maximum atomic E-state index is 11.2. The van der Waals surface area contributed by atoms with Crippen LogP contribution in [0.25, 0.3) is 0 Å². The second-order valence-electron chi connectivity index (χ2n) is 4.59. The fourth-order valence-corrected chi connectivity index (χ4v) is 2.06. The van der Waals surface area contributed by atoms with Gasteiger partial charge in [0.25, 0.3) is 0 Å². The molecular formula is C15H16O6. The van der Waals surface area contributed by atoms with Gasteiger partial charge in [0.2, 0.25) is 5.79 Å². The van der Waals surface area contributed by atoms with Crippen LogP contribution >= 0.6 is 0 Å². The van der Waals surface area contributed by atoms with Crippen molar-refractivity contribution in [2.24, 2.45) is 0 Å². The first-order chi connectivity index (χ1) is 9.95. The van der Waals surface area contributed by atoms with Crippen molar-refractivity contribution in [2.45, 2.75) is 18.5 Å². The van der Waals surface area contributed by atoms with Crippen LogP contribution in [0.4, 0.5) is 0 Å². The van der Waals surface area contributed by atoms with Gasteiger partial charge in [-0.25, -0.2) is 4.79 Å². The molecule has 0 saturated heterocycles. The van der Waals surface area contributed by atoms with Gasteiger partial charge in [-0.05, 0) is 17.7 Å². The Morgan fingerprint density at radius 1 is 1.29 bits per heavy atom. The lowest BCUT2D eigenvalue weighted by molar-refractivity contribution is -0.198. The molecule has 0 aliphatic heterocycles. The zero-order chi connectivity index (χ0) is 15.5. The highest BCUT2D eigenvalue weighted by Crippen LogP contribution is 2.30. The van der Waals surface area contributed by atoms with E-state index in [0.29, 0.717) is 0 Å². The van der Waals surface area contributed by atoms with E-state index < -0.39 is 17.9 Å². The molecule has 0 radical (unpaired) electrons.